The summed E-state index contributed by atoms with van der Waals surface area (Å²) >= 11 is 0. The van der Waals surface area contributed by atoms with Gasteiger partial charge in [0.2, 0.25) is 5.76 Å². The van der Waals surface area contributed by atoms with Crippen LogP contribution >= 0.6 is 0 Å². The van der Waals surface area contributed by atoms with Crippen LogP contribution in [0, 0.1) is 5.82 Å². The molecule has 148 valence electrons. The molecule has 0 saturated carbocycles. The van der Waals surface area contributed by atoms with Gasteiger partial charge in [0.05, 0.1) is 19.7 Å². The first-order valence-electron chi connectivity index (χ1n) is 8.25. The fourth-order valence-electron chi connectivity index (χ4n) is 3.07. The molecule has 1 aromatic heterocycles. The molecule has 2 aliphatic rings. The van der Waals surface area contributed by atoms with Crippen molar-refractivity contribution < 1.29 is 27.2 Å². The van der Waals surface area contributed by atoms with E-state index in [0.29, 0.717) is 22.8 Å². The predicted molar refractivity (Wildman–Crippen MR) is 93.2 cm³/mol. The molecule has 1 aromatic carbocycles. The predicted octanol–water partition coefficient (Wildman–Crippen LogP) is 2.39. The third-order valence-corrected chi connectivity index (χ3v) is 4.76. The number of halogens is 3. The fraction of sp³-hybridized carbons (Fsp3) is 0.353. The van der Waals surface area contributed by atoms with Gasteiger partial charge in [-0.25, -0.2) is 9.38 Å². The first-order chi connectivity index (χ1) is 13.2. The summed E-state index contributed by atoms with van der Waals surface area (Å²) in [6.07, 6.45) is 0. The van der Waals surface area contributed by atoms with Gasteiger partial charge in [-0.15, -0.1) is 0 Å². The Morgan fingerprint density at radius 3 is 2.79 bits per heavy atom. The molecule has 0 saturated heterocycles. The molecule has 0 unspecified atom stereocenters. The number of nitrogens with zero attached hydrogens (tertiary/aromatic N) is 3. The molecule has 2 aromatic rings. The number of aromatic nitrogens is 1. The fourth-order valence-corrected chi connectivity index (χ4v) is 3.07. The standard InChI is InChI=1S/C17H16F3N5O3/c1-16(17(19,20)7-27-15(21)24-16)9-4-11-8(3-10(9)18)6-22-14(23-11)12-5-13(26-2)25-28-12/h3-5H,6-7H2,1-2H3,(H2,21,24)(H,22,23)/t16-/m1/s1. The number of hydrogen-bond acceptors (Lipinski definition) is 8. The first kappa shape index (κ1) is 18.1. The molecule has 2 aliphatic heterocycles. The molecule has 0 radical (unpaired) electrons. The highest BCUT2D eigenvalue weighted by Crippen LogP contribution is 2.45. The molecule has 0 bridgehead atoms. The lowest BCUT2D eigenvalue weighted by Crippen LogP contribution is -2.51. The van der Waals surface area contributed by atoms with Crippen LogP contribution in [0.4, 0.5) is 18.9 Å². The lowest BCUT2D eigenvalue weighted by molar-refractivity contribution is -0.117. The summed E-state index contributed by atoms with van der Waals surface area (Å²) in [5.74, 6) is -3.44. The summed E-state index contributed by atoms with van der Waals surface area (Å²) in [7, 11) is 1.43. The van der Waals surface area contributed by atoms with E-state index in [1.807, 2.05) is 0 Å². The summed E-state index contributed by atoms with van der Waals surface area (Å²) in [6, 6.07) is 3.53. The molecular formula is C17H16F3N5O3. The third kappa shape index (κ3) is 2.74. The topological polar surface area (TPSA) is 107 Å². The van der Waals surface area contributed by atoms with E-state index < -0.39 is 29.9 Å². The highest BCUT2D eigenvalue weighted by Gasteiger charge is 2.56. The molecule has 3 N–H and O–H groups in total. The van der Waals surface area contributed by atoms with Gasteiger partial charge < -0.3 is 25.0 Å². The summed E-state index contributed by atoms with van der Waals surface area (Å²) in [5, 5.41) is 6.64. The van der Waals surface area contributed by atoms with Crippen LogP contribution in [0.1, 0.15) is 23.8 Å². The molecule has 4 rings (SSSR count). The van der Waals surface area contributed by atoms with Gasteiger partial charge >= 0.3 is 5.92 Å². The zero-order chi connectivity index (χ0) is 20.1. The zero-order valence-corrected chi connectivity index (χ0v) is 14.9. The molecule has 0 spiro atoms. The number of methoxy groups -OCH3 is 1. The van der Waals surface area contributed by atoms with Crippen molar-refractivity contribution >= 4 is 17.5 Å². The molecule has 11 heteroatoms. The molecule has 0 amide bonds. The van der Waals surface area contributed by atoms with Gasteiger partial charge in [-0.2, -0.15) is 8.78 Å². The van der Waals surface area contributed by atoms with Gasteiger partial charge in [0.25, 0.3) is 11.9 Å². The van der Waals surface area contributed by atoms with Crippen LogP contribution < -0.4 is 15.8 Å². The second-order valence-electron chi connectivity index (χ2n) is 6.53. The summed E-state index contributed by atoms with van der Waals surface area (Å²) in [6.45, 7) is 0.249. The maximum absolute atomic E-state index is 14.7. The van der Waals surface area contributed by atoms with Gasteiger partial charge in [0.1, 0.15) is 5.82 Å². The van der Waals surface area contributed by atoms with Crippen molar-refractivity contribution in [2.75, 3.05) is 19.0 Å². The van der Waals surface area contributed by atoms with Crippen molar-refractivity contribution in [1.82, 2.24) is 5.16 Å². The van der Waals surface area contributed by atoms with E-state index in [-0.39, 0.29) is 18.0 Å². The lowest BCUT2D eigenvalue weighted by atomic mass is 9.84. The lowest BCUT2D eigenvalue weighted by Gasteiger charge is -2.38. The van der Waals surface area contributed by atoms with Crippen LogP contribution in [-0.2, 0) is 16.8 Å². The Balaban J connectivity index is 1.74. The SMILES string of the molecule is COc1cc(C2=NCc3cc(F)c([C@@]4(C)N=C(N)OCC4(F)F)cc3N2)on1. The smallest absolute Gasteiger partial charge is 0.310 e. The van der Waals surface area contributed by atoms with Crippen molar-refractivity contribution in [2.45, 2.75) is 24.9 Å². The minimum atomic E-state index is -3.46. The van der Waals surface area contributed by atoms with Crippen LogP contribution in [0.25, 0.3) is 0 Å². The number of benzene rings is 1. The highest BCUT2D eigenvalue weighted by atomic mass is 19.3. The number of aliphatic imine (C=N–C) groups is 2. The van der Waals surface area contributed by atoms with Crippen molar-refractivity contribution in [1.29, 1.82) is 0 Å². The van der Waals surface area contributed by atoms with E-state index >= 15 is 0 Å². The van der Waals surface area contributed by atoms with E-state index in [1.54, 1.807) is 0 Å². The Labute approximate surface area is 157 Å². The van der Waals surface area contributed by atoms with Gasteiger partial charge in [-0.1, -0.05) is 0 Å². The van der Waals surface area contributed by atoms with Crippen molar-refractivity contribution in [3.8, 4) is 5.88 Å². The van der Waals surface area contributed by atoms with Crippen LogP contribution in [0.5, 0.6) is 5.88 Å². The Morgan fingerprint density at radius 1 is 1.29 bits per heavy atom. The quantitative estimate of drug-likeness (QED) is 0.826. The maximum Gasteiger partial charge on any atom is 0.310 e. The summed E-state index contributed by atoms with van der Waals surface area (Å²) in [4.78, 5) is 7.98. The van der Waals surface area contributed by atoms with E-state index in [2.05, 4.69) is 25.2 Å². The molecule has 0 fully saturated rings. The molecule has 8 nitrogen and oxygen atoms in total. The number of ether oxygens (including phenoxy) is 2. The zero-order valence-electron chi connectivity index (χ0n) is 14.9. The second-order valence-corrected chi connectivity index (χ2v) is 6.53. The molecule has 0 aliphatic carbocycles. The number of amidine groups is 2. The Kier molecular flexibility index (Phi) is 3.98. The van der Waals surface area contributed by atoms with Gasteiger partial charge in [0, 0.05) is 16.8 Å². The van der Waals surface area contributed by atoms with Crippen molar-refractivity contribution in [3.63, 3.8) is 0 Å². The monoisotopic (exact) mass is 395 g/mol. The average molecular weight is 395 g/mol. The number of fused-ring (bicyclic) bond motifs is 1. The third-order valence-electron chi connectivity index (χ3n) is 4.76. The summed E-state index contributed by atoms with van der Waals surface area (Å²) < 4.78 is 58.6. The second kappa shape index (κ2) is 6.14. The largest absolute Gasteiger partial charge is 0.479 e. The number of anilines is 1. The Hall–Kier alpha value is -3.24. The molecule has 3 heterocycles. The molecular weight excluding hydrogens is 379 g/mol. The number of nitrogens with two attached hydrogens (primary N) is 1. The minimum Gasteiger partial charge on any atom is -0.479 e. The number of hydrogen-bond donors (Lipinski definition) is 2. The average Bonchev–Trinajstić information content (AvgIpc) is 3.13. The number of nitrogens with one attached hydrogen (secondary N) is 1. The highest BCUT2D eigenvalue weighted by molar-refractivity contribution is 6.07. The maximum atomic E-state index is 14.7. The summed E-state index contributed by atoms with van der Waals surface area (Å²) in [5.41, 5.74) is 3.83. The van der Waals surface area contributed by atoms with Crippen molar-refractivity contribution in [3.05, 3.63) is 40.9 Å². The van der Waals surface area contributed by atoms with Crippen LogP contribution in [0.3, 0.4) is 0 Å². The minimum absolute atomic E-state index is 0.125. The van der Waals surface area contributed by atoms with Crippen LogP contribution in [0.15, 0.2) is 32.7 Å². The van der Waals surface area contributed by atoms with E-state index in [1.165, 1.54) is 19.2 Å². The van der Waals surface area contributed by atoms with Gasteiger partial charge in [0.15, 0.2) is 18.0 Å². The van der Waals surface area contributed by atoms with E-state index in [4.69, 9.17) is 15.0 Å². The molecule has 28 heavy (non-hydrogen) atoms. The van der Waals surface area contributed by atoms with Gasteiger partial charge in [-0.05, 0) is 24.2 Å². The van der Waals surface area contributed by atoms with E-state index in [9.17, 15) is 13.2 Å². The van der Waals surface area contributed by atoms with Crippen LogP contribution in [0.2, 0.25) is 0 Å². The number of alkyl halides is 2. The molecule has 1 atom stereocenters. The Morgan fingerprint density at radius 2 is 2.07 bits per heavy atom. The van der Waals surface area contributed by atoms with Crippen molar-refractivity contribution in [2.24, 2.45) is 15.7 Å². The van der Waals surface area contributed by atoms with Gasteiger partial charge in [-0.3, -0.25) is 4.99 Å². The van der Waals surface area contributed by atoms with E-state index in [0.717, 1.165) is 13.0 Å². The normalized spacial score (nSPS) is 23.0. The first-order valence-corrected chi connectivity index (χ1v) is 8.25. The Bertz CT molecular complexity index is 1000. The van der Waals surface area contributed by atoms with Crippen LogP contribution in [-0.4, -0.2) is 36.7 Å². The number of rotatable bonds is 3.